The highest BCUT2D eigenvalue weighted by Crippen LogP contribution is 2.26. The van der Waals surface area contributed by atoms with Crippen molar-refractivity contribution in [3.8, 4) is 11.3 Å². The molecule has 0 amide bonds. The van der Waals surface area contributed by atoms with Crippen molar-refractivity contribution >= 4 is 17.5 Å². The Balaban J connectivity index is 1.73. The molecule has 1 aromatic carbocycles. The minimum absolute atomic E-state index is 0.00393. The number of morpholine rings is 1. The van der Waals surface area contributed by atoms with Crippen molar-refractivity contribution in [3.63, 3.8) is 0 Å². The number of ether oxygens (including phenoxy) is 1. The van der Waals surface area contributed by atoms with E-state index in [0.717, 1.165) is 35.6 Å². The first-order chi connectivity index (χ1) is 13.3. The lowest BCUT2D eigenvalue weighted by Crippen LogP contribution is -2.37. The van der Waals surface area contributed by atoms with Crippen LogP contribution >= 0.6 is 0 Å². The molecule has 0 unspecified atom stereocenters. The quantitative estimate of drug-likeness (QED) is 0.721. The maximum atomic E-state index is 9.44. The monoisotopic (exact) mass is 363 g/mol. The van der Waals surface area contributed by atoms with Gasteiger partial charge in [0.25, 0.3) is 0 Å². The standard InChI is InChI=1S/C20H21N5O2/c26-14-15-3-1-4-16(11-15)18-12-19(22-17-5-2-6-21-13-17)24-20(23-18)25-7-9-27-10-8-25/h1-6,11-13,26H,7-10,14H2,(H,22,23,24). The number of hydrogen-bond donors (Lipinski definition) is 2. The Bertz CT molecular complexity index is 898. The SMILES string of the molecule is OCc1cccc(-c2cc(Nc3cccnc3)nc(N3CCOCC3)n2)c1. The van der Waals surface area contributed by atoms with Crippen LogP contribution in [0.3, 0.4) is 0 Å². The van der Waals surface area contributed by atoms with E-state index in [4.69, 9.17) is 14.7 Å². The van der Waals surface area contributed by atoms with Gasteiger partial charge in [0, 0.05) is 30.9 Å². The highest BCUT2D eigenvalue weighted by Gasteiger charge is 2.16. The molecule has 3 heterocycles. The van der Waals surface area contributed by atoms with Gasteiger partial charge in [0.15, 0.2) is 0 Å². The van der Waals surface area contributed by atoms with Crippen molar-refractivity contribution in [2.75, 3.05) is 36.5 Å². The highest BCUT2D eigenvalue weighted by molar-refractivity contribution is 5.67. The summed E-state index contributed by atoms with van der Waals surface area (Å²) in [4.78, 5) is 15.7. The summed E-state index contributed by atoms with van der Waals surface area (Å²) >= 11 is 0. The maximum absolute atomic E-state index is 9.44. The van der Waals surface area contributed by atoms with Gasteiger partial charge < -0.3 is 20.1 Å². The van der Waals surface area contributed by atoms with Gasteiger partial charge in [-0.15, -0.1) is 0 Å². The van der Waals surface area contributed by atoms with Crippen LogP contribution in [0.5, 0.6) is 0 Å². The van der Waals surface area contributed by atoms with Crippen molar-refractivity contribution in [2.24, 2.45) is 0 Å². The molecule has 3 aromatic rings. The Labute approximate surface area is 157 Å². The molecular weight excluding hydrogens is 342 g/mol. The predicted octanol–water partition coefficient (Wildman–Crippen LogP) is 2.61. The van der Waals surface area contributed by atoms with E-state index in [1.807, 2.05) is 42.5 Å². The molecule has 0 bridgehead atoms. The molecule has 0 spiro atoms. The van der Waals surface area contributed by atoms with Crippen molar-refractivity contribution in [2.45, 2.75) is 6.61 Å². The van der Waals surface area contributed by atoms with Gasteiger partial charge in [0.05, 0.1) is 37.4 Å². The van der Waals surface area contributed by atoms with Crippen LogP contribution in [-0.4, -0.2) is 46.4 Å². The van der Waals surface area contributed by atoms with E-state index in [2.05, 4.69) is 15.2 Å². The van der Waals surface area contributed by atoms with E-state index in [0.29, 0.717) is 25.0 Å². The minimum atomic E-state index is -0.00393. The number of aliphatic hydroxyl groups is 1. The Morgan fingerprint density at radius 1 is 1.07 bits per heavy atom. The van der Waals surface area contributed by atoms with Gasteiger partial charge in [-0.2, -0.15) is 4.98 Å². The molecule has 2 aromatic heterocycles. The summed E-state index contributed by atoms with van der Waals surface area (Å²) in [6.07, 6.45) is 3.48. The van der Waals surface area contributed by atoms with Crippen molar-refractivity contribution < 1.29 is 9.84 Å². The fraction of sp³-hybridized carbons (Fsp3) is 0.250. The number of rotatable bonds is 5. The summed E-state index contributed by atoms with van der Waals surface area (Å²) in [5.41, 5.74) is 3.45. The summed E-state index contributed by atoms with van der Waals surface area (Å²) in [5.74, 6) is 1.36. The Hall–Kier alpha value is -3.03. The van der Waals surface area contributed by atoms with Gasteiger partial charge in [-0.1, -0.05) is 18.2 Å². The van der Waals surface area contributed by atoms with Crippen LogP contribution in [0.15, 0.2) is 54.9 Å². The molecule has 2 N–H and O–H groups in total. The number of aromatic nitrogens is 3. The largest absolute Gasteiger partial charge is 0.392 e. The third-order valence-corrected chi connectivity index (χ3v) is 4.35. The Morgan fingerprint density at radius 3 is 2.74 bits per heavy atom. The smallest absolute Gasteiger partial charge is 0.228 e. The average Bonchev–Trinajstić information content (AvgIpc) is 2.75. The summed E-state index contributed by atoms with van der Waals surface area (Å²) in [7, 11) is 0. The minimum Gasteiger partial charge on any atom is -0.392 e. The second kappa shape index (κ2) is 8.11. The fourth-order valence-electron chi connectivity index (χ4n) is 2.96. The van der Waals surface area contributed by atoms with Crippen LogP contribution in [-0.2, 0) is 11.3 Å². The second-order valence-electron chi connectivity index (χ2n) is 6.26. The zero-order chi connectivity index (χ0) is 18.5. The summed E-state index contributed by atoms with van der Waals surface area (Å²) < 4.78 is 5.44. The molecule has 0 atom stereocenters. The van der Waals surface area contributed by atoms with Crippen molar-refractivity contribution in [1.29, 1.82) is 0 Å². The lowest BCUT2D eigenvalue weighted by molar-refractivity contribution is 0.122. The van der Waals surface area contributed by atoms with Crippen LogP contribution in [0.25, 0.3) is 11.3 Å². The van der Waals surface area contributed by atoms with E-state index in [1.165, 1.54) is 0 Å². The number of nitrogens with one attached hydrogen (secondary N) is 1. The second-order valence-corrected chi connectivity index (χ2v) is 6.26. The van der Waals surface area contributed by atoms with Crippen LogP contribution in [0.1, 0.15) is 5.56 Å². The van der Waals surface area contributed by atoms with Crippen LogP contribution in [0, 0.1) is 0 Å². The lowest BCUT2D eigenvalue weighted by atomic mass is 10.1. The lowest BCUT2D eigenvalue weighted by Gasteiger charge is -2.27. The van der Waals surface area contributed by atoms with E-state index >= 15 is 0 Å². The maximum Gasteiger partial charge on any atom is 0.228 e. The number of benzene rings is 1. The van der Waals surface area contributed by atoms with Gasteiger partial charge in [-0.25, -0.2) is 4.98 Å². The normalized spacial score (nSPS) is 14.2. The van der Waals surface area contributed by atoms with E-state index in [1.54, 1.807) is 12.4 Å². The van der Waals surface area contributed by atoms with E-state index in [-0.39, 0.29) is 6.61 Å². The number of hydrogen-bond acceptors (Lipinski definition) is 7. The zero-order valence-corrected chi connectivity index (χ0v) is 14.9. The Kier molecular flexibility index (Phi) is 5.22. The third-order valence-electron chi connectivity index (χ3n) is 4.35. The molecule has 1 aliphatic heterocycles. The van der Waals surface area contributed by atoms with Gasteiger partial charge in [0.2, 0.25) is 5.95 Å². The van der Waals surface area contributed by atoms with Gasteiger partial charge in [0.1, 0.15) is 5.82 Å². The van der Waals surface area contributed by atoms with E-state index < -0.39 is 0 Å². The zero-order valence-electron chi connectivity index (χ0n) is 14.9. The number of nitrogens with zero attached hydrogens (tertiary/aromatic N) is 4. The fourth-order valence-corrected chi connectivity index (χ4v) is 2.96. The summed E-state index contributed by atoms with van der Waals surface area (Å²) in [5, 5.41) is 12.7. The first-order valence-corrected chi connectivity index (χ1v) is 8.91. The molecular formula is C20H21N5O2. The molecule has 7 nitrogen and oxygen atoms in total. The molecule has 0 saturated carbocycles. The molecule has 1 aliphatic rings. The topological polar surface area (TPSA) is 83.4 Å². The van der Waals surface area contributed by atoms with E-state index in [9.17, 15) is 5.11 Å². The van der Waals surface area contributed by atoms with Gasteiger partial charge >= 0.3 is 0 Å². The van der Waals surface area contributed by atoms with Gasteiger partial charge in [-0.3, -0.25) is 4.98 Å². The third kappa shape index (κ3) is 4.21. The molecule has 1 fully saturated rings. The molecule has 27 heavy (non-hydrogen) atoms. The first-order valence-electron chi connectivity index (χ1n) is 8.91. The first kappa shape index (κ1) is 17.4. The molecule has 1 saturated heterocycles. The summed E-state index contributed by atoms with van der Waals surface area (Å²) in [6.45, 7) is 2.84. The van der Waals surface area contributed by atoms with Crippen LogP contribution < -0.4 is 10.2 Å². The molecule has 4 rings (SSSR count). The summed E-state index contributed by atoms with van der Waals surface area (Å²) in [6, 6.07) is 13.5. The Morgan fingerprint density at radius 2 is 1.96 bits per heavy atom. The van der Waals surface area contributed by atoms with Crippen LogP contribution in [0.4, 0.5) is 17.5 Å². The molecule has 0 aliphatic carbocycles. The van der Waals surface area contributed by atoms with Crippen molar-refractivity contribution in [3.05, 3.63) is 60.4 Å². The van der Waals surface area contributed by atoms with Gasteiger partial charge in [-0.05, 0) is 23.8 Å². The van der Waals surface area contributed by atoms with Crippen molar-refractivity contribution in [1.82, 2.24) is 15.0 Å². The number of anilines is 3. The molecule has 138 valence electrons. The molecule has 7 heteroatoms. The van der Waals surface area contributed by atoms with Crippen LogP contribution in [0.2, 0.25) is 0 Å². The molecule has 0 radical (unpaired) electrons. The number of aliphatic hydroxyl groups excluding tert-OH is 1. The number of pyridine rings is 1. The predicted molar refractivity (Wildman–Crippen MR) is 104 cm³/mol. The highest BCUT2D eigenvalue weighted by atomic mass is 16.5. The average molecular weight is 363 g/mol.